The smallest absolute Gasteiger partial charge is 0.302 e. The molecule has 0 amide bonds. The predicted octanol–water partition coefficient (Wildman–Crippen LogP) is 3.58. The van der Waals surface area contributed by atoms with E-state index >= 15 is 0 Å². The highest BCUT2D eigenvalue weighted by atomic mass is 127. The Morgan fingerprint density at radius 3 is 2.90 bits per heavy atom. The van der Waals surface area contributed by atoms with Crippen LogP contribution >= 0.6 is 22.6 Å². The lowest BCUT2D eigenvalue weighted by Gasteiger charge is -2.29. The Morgan fingerprint density at radius 1 is 1.52 bits per heavy atom. The van der Waals surface area contributed by atoms with Crippen LogP contribution in [0, 0.1) is 17.6 Å². The van der Waals surface area contributed by atoms with Gasteiger partial charge in [0.2, 0.25) is 0 Å². The second kappa shape index (κ2) is 7.00. The van der Waals surface area contributed by atoms with Gasteiger partial charge >= 0.3 is 5.97 Å². The molecule has 2 rings (SSSR count). The van der Waals surface area contributed by atoms with Crippen LogP contribution in [0.1, 0.15) is 25.3 Å². The molecule has 1 heterocycles. The summed E-state index contributed by atoms with van der Waals surface area (Å²) < 4.78 is 38.9. The van der Waals surface area contributed by atoms with Gasteiger partial charge in [-0.25, -0.2) is 8.78 Å². The van der Waals surface area contributed by atoms with Gasteiger partial charge in [-0.2, -0.15) is 0 Å². The zero-order valence-corrected chi connectivity index (χ0v) is 13.9. The Labute approximate surface area is 136 Å². The number of rotatable bonds is 5. The molecule has 0 saturated carbocycles. The van der Waals surface area contributed by atoms with Gasteiger partial charge in [0, 0.05) is 28.9 Å². The number of esters is 1. The van der Waals surface area contributed by atoms with Crippen LogP contribution in [0.4, 0.5) is 8.78 Å². The summed E-state index contributed by atoms with van der Waals surface area (Å²) in [6, 6.07) is 3.58. The molecule has 6 heteroatoms. The van der Waals surface area contributed by atoms with E-state index in [9.17, 15) is 13.6 Å². The minimum Gasteiger partial charge on any atom is -0.465 e. The number of ether oxygens (including phenoxy) is 2. The minimum atomic E-state index is -0.760. The third-order valence-corrected chi connectivity index (χ3v) is 4.20. The van der Waals surface area contributed by atoms with Gasteiger partial charge in [0.15, 0.2) is 0 Å². The summed E-state index contributed by atoms with van der Waals surface area (Å²) in [5.74, 6) is -1.50. The topological polar surface area (TPSA) is 35.5 Å². The second-order valence-electron chi connectivity index (χ2n) is 5.24. The summed E-state index contributed by atoms with van der Waals surface area (Å²) in [7, 11) is 0. The normalized spacial score (nSPS) is 25.0. The maximum absolute atomic E-state index is 14.1. The fourth-order valence-corrected chi connectivity index (χ4v) is 3.58. The summed E-state index contributed by atoms with van der Waals surface area (Å²) in [5, 5.41) is 0. The molecule has 0 unspecified atom stereocenters. The molecule has 0 bridgehead atoms. The molecule has 1 aliphatic rings. The van der Waals surface area contributed by atoms with Gasteiger partial charge in [0.05, 0.1) is 18.8 Å². The maximum atomic E-state index is 14.1. The van der Waals surface area contributed by atoms with Crippen molar-refractivity contribution in [1.29, 1.82) is 0 Å². The first-order valence-electron chi connectivity index (χ1n) is 6.75. The Morgan fingerprint density at radius 2 is 2.29 bits per heavy atom. The van der Waals surface area contributed by atoms with Gasteiger partial charge in [-0.15, -0.1) is 0 Å². The van der Waals surface area contributed by atoms with Crippen molar-refractivity contribution >= 4 is 28.6 Å². The Balaban J connectivity index is 2.20. The van der Waals surface area contributed by atoms with Crippen molar-refractivity contribution in [1.82, 2.24) is 0 Å². The van der Waals surface area contributed by atoms with E-state index in [-0.39, 0.29) is 18.5 Å². The van der Waals surface area contributed by atoms with E-state index in [1.54, 1.807) is 0 Å². The summed E-state index contributed by atoms with van der Waals surface area (Å²) in [6.45, 7) is 2.02. The first-order chi connectivity index (χ1) is 9.97. The van der Waals surface area contributed by atoms with Crippen LogP contribution in [0.2, 0.25) is 0 Å². The average Bonchev–Trinajstić information content (AvgIpc) is 2.81. The quantitative estimate of drug-likeness (QED) is 0.423. The molecule has 0 aromatic heterocycles. The van der Waals surface area contributed by atoms with E-state index in [4.69, 9.17) is 9.47 Å². The molecule has 1 fully saturated rings. The van der Waals surface area contributed by atoms with Crippen LogP contribution < -0.4 is 0 Å². The lowest BCUT2D eigenvalue weighted by Crippen LogP contribution is -2.27. The molecule has 0 radical (unpaired) electrons. The molecule has 2 atom stereocenters. The van der Waals surface area contributed by atoms with Gasteiger partial charge in [0.25, 0.3) is 0 Å². The molecule has 1 aromatic rings. The van der Waals surface area contributed by atoms with Crippen molar-refractivity contribution in [3.05, 3.63) is 35.4 Å². The highest BCUT2D eigenvalue weighted by molar-refractivity contribution is 14.1. The number of benzene rings is 1. The van der Waals surface area contributed by atoms with Gasteiger partial charge in [-0.1, -0.05) is 28.7 Å². The number of carbonyl (C=O) groups excluding carboxylic acids is 1. The van der Waals surface area contributed by atoms with Crippen molar-refractivity contribution in [3.63, 3.8) is 0 Å². The summed E-state index contributed by atoms with van der Waals surface area (Å²) in [4.78, 5) is 10.9. The number of hydrogen-bond acceptors (Lipinski definition) is 3. The molecule has 116 valence electrons. The lowest BCUT2D eigenvalue weighted by molar-refractivity contribution is -0.142. The number of hydrogen-bond donors (Lipinski definition) is 0. The van der Waals surface area contributed by atoms with E-state index < -0.39 is 17.2 Å². The highest BCUT2D eigenvalue weighted by Gasteiger charge is 2.43. The molecular formula is C15H17F2IO3. The molecule has 3 nitrogen and oxygen atoms in total. The van der Waals surface area contributed by atoms with Crippen molar-refractivity contribution in [2.45, 2.75) is 25.4 Å². The van der Waals surface area contributed by atoms with E-state index in [1.165, 1.54) is 19.1 Å². The van der Waals surface area contributed by atoms with E-state index in [2.05, 4.69) is 22.6 Å². The SMILES string of the molecule is CC(=O)OC[C@@H]1CO[C@@](CCI)(c2ccc(F)cc2F)C1. The number of carbonyl (C=O) groups is 1. The summed E-state index contributed by atoms with van der Waals surface area (Å²) in [6.07, 6.45) is 1.19. The zero-order chi connectivity index (χ0) is 15.5. The van der Waals surface area contributed by atoms with Crippen LogP contribution in [0.3, 0.4) is 0 Å². The van der Waals surface area contributed by atoms with Crippen LogP contribution in [0.5, 0.6) is 0 Å². The van der Waals surface area contributed by atoms with Crippen molar-refractivity contribution < 1.29 is 23.0 Å². The highest BCUT2D eigenvalue weighted by Crippen LogP contribution is 2.43. The number of halogens is 3. The summed E-state index contributed by atoms with van der Waals surface area (Å²) in [5.41, 5.74) is -0.380. The third-order valence-electron chi connectivity index (χ3n) is 3.66. The standard InChI is InChI=1S/C15H17F2IO3/c1-10(19)20-8-11-7-15(4-5-18,21-9-11)13-3-2-12(16)6-14(13)17/h2-3,6,11H,4-5,7-9H2,1H3/t11-,15-/m1/s1. The predicted molar refractivity (Wildman–Crippen MR) is 82.2 cm³/mol. The van der Waals surface area contributed by atoms with Gasteiger partial charge in [-0.05, 0) is 18.9 Å². The second-order valence-corrected chi connectivity index (χ2v) is 6.32. The molecule has 21 heavy (non-hydrogen) atoms. The van der Waals surface area contributed by atoms with Gasteiger partial charge in [0.1, 0.15) is 11.6 Å². The minimum absolute atomic E-state index is 0.0290. The molecule has 0 aliphatic carbocycles. The fraction of sp³-hybridized carbons (Fsp3) is 0.533. The lowest BCUT2D eigenvalue weighted by atomic mass is 9.85. The monoisotopic (exact) mass is 410 g/mol. The molecule has 0 N–H and O–H groups in total. The number of alkyl halides is 1. The van der Waals surface area contributed by atoms with E-state index in [0.29, 0.717) is 25.0 Å². The molecular weight excluding hydrogens is 393 g/mol. The van der Waals surface area contributed by atoms with Crippen molar-refractivity contribution in [2.75, 3.05) is 17.6 Å². The molecule has 1 saturated heterocycles. The Kier molecular flexibility index (Phi) is 5.54. The maximum Gasteiger partial charge on any atom is 0.302 e. The zero-order valence-electron chi connectivity index (χ0n) is 11.7. The third kappa shape index (κ3) is 3.91. The van der Waals surface area contributed by atoms with Crippen LogP contribution in [0.15, 0.2) is 18.2 Å². The first-order valence-corrected chi connectivity index (χ1v) is 8.28. The molecule has 1 aromatic carbocycles. The Hall–Kier alpha value is -0.760. The largest absolute Gasteiger partial charge is 0.465 e. The fourth-order valence-electron chi connectivity index (χ4n) is 2.71. The van der Waals surface area contributed by atoms with Crippen LogP contribution in [0.25, 0.3) is 0 Å². The molecule has 0 spiro atoms. The summed E-state index contributed by atoms with van der Waals surface area (Å²) >= 11 is 2.21. The average molecular weight is 410 g/mol. The van der Waals surface area contributed by atoms with Crippen molar-refractivity contribution in [2.24, 2.45) is 5.92 Å². The van der Waals surface area contributed by atoms with Crippen molar-refractivity contribution in [3.8, 4) is 0 Å². The Bertz CT molecular complexity index is 524. The van der Waals surface area contributed by atoms with Crippen LogP contribution in [-0.2, 0) is 19.9 Å². The van der Waals surface area contributed by atoms with Crippen LogP contribution in [-0.4, -0.2) is 23.6 Å². The van der Waals surface area contributed by atoms with E-state index in [1.807, 2.05) is 0 Å². The van der Waals surface area contributed by atoms with E-state index in [0.717, 1.165) is 10.5 Å². The van der Waals surface area contributed by atoms with Gasteiger partial charge < -0.3 is 9.47 Å². The molecule has 1 aliphatic heterocycles. The van der Waals surface area contributed by atoms with Gasteiger partial charge in [-0.3, -0.25) is 4.79 Å². The first kappa shape index (κ1) is 16.6.